The average molecular weight is 272 g/mol. The van der Waals surface area contributed by atoms with Crippen LogP contribution in [-0.2, 0) is 19.4 Å². The Morgan fingerprint density at radius 3 is 2.50 bits per heavy atom. The first-order valence-corrected chi connectivity index (χ1v) is 7.30. The molecule has 108 valence electrons. The minimum atomic E-state index is 0.804. The molecule has 0 amide bonds. The van der Waals surface area contributed by atoms with Crippen molar-refractivity contribution in [1.29, 1.82) is 0 Å². The van der Waals surface area contributed by atoms with Crippen LogP contribution in [0.5, 0.6) is 0 Å². The zero-order chi connectivity index (χ0) is 14.7. The van der Waals surface area contributed by atoms with Gasteiger partial charge in [0, 0.05) is 23.5 Å². The lowest BCUT2D eigenvalue weighted by Crippen LogP contribution is -2.15. The molecule has 0 bridgehead atoms. The molecule has 2 aromatic heterocycles. The molecule has 0 aromatic carbocycles. The van der Waals surface area contributed by atoms with Gasteiger partial charge in [0.15, 0.2) is 5.82 Å². The second-order valence-corrected chi connectivity index (χ2v) is 5.16. The Kier molecular flexibility index (Phi) is 4.55. The van der Waals surface area contributed by atoms with Gasteiger partial charge in [0.05, 0.1) is 5.69 Å². The summed E-state index contributed by atoms with van der Waals surface area (Å²) in [5.41, 5.74) is 5.86. The molecule has 0 atom stereocenters. The first-order valence-electron chi connectivity index (χ1n) is 7.30. The molecule has 0 radical (unpaired) electrons. The van der Waals surface area contributed by atoms with Crippen LogP contribution in [-0.4, -0.2) is 21.8 Å². The van der Waals surface area contributed by atoms with Crippen LogP contribution >= 0.6 is 0 Å². The third kappa shape index (κ3) is 2.75. The van der Waals surface area contributed by atoms with Gasteiger partial charge in [-0.05, 0) is 51.4 Å². The van der Waals surface area contributed by atoms with Crippen molar-refractivity contribution in [2.45, 2.75) is 47.1 Å². The van der Waals surface area contributed by atoms with Crippen molar-refractivity contribution >= 4 is 0 Å². The highest BCUT2D eigenvalue weighted by Crippen LogP contribution is 2.20. The second-order valence-electron chi connectivity index (χ2n) is 5.16. The van der Waals surface area contributed by atoms with Crippen molar-refractivity contribution in [2.75, 3.05) is 7.05 Å². The highest BCUT2D eigenvalue weighted by molar-refractivity contribution is 5.42. The first-order chi connectivity index (χ1) is 9.60. The van der Waals surface area contributed by atoms with E-state index in [-0.39, 0.29) is 0 Å². The second kappa shape index (κ2) is 6.18. The van der Waals surface area contributed by atoms with Gasteiger partial charge in [-0.3, -0.25) is 0 Å². The Morgan fingerprint density at radius 2 is 1.90 bits per heavy atom. The van der Waals surface area contributed by atoms with Crippen LogP contribution in [0.2, 0.25) is 0 Å². The third-order valence-electron chi connectivity index (χ3n) is 3.57. The number of hydrogen-bond acceptors (Lipinski definition) is 3. The maximum atomic E-state index is 4.74. The number of rotatable bonds is 5. The number of nitrogens with one attached hydrogen (secondary N) is 1. The molecule has 0 spiro atoms. The van der Waals surface area contributed by atoms with Crippen molar-refractivity contribution in [1.82, 2.24) is 20.1 Å². The predicted molar refractivity (Wildman–Crippen MR) is 82.4 cm³/mol. The first kappa shape index (κ1) is 14.7. The van der Waals surface area contributed by atoms with Crippen molar-refractivity contribution in [3.05, 3.63) is 40.3 Å². The molecule has 0 saturated heterocycles. The van der Waals surface area contributed by atoms with Gasteiger partial charge < -0.3 is 5.32 Å². The molecule has 0 unspecified atom stereocenters. The van der Waals surface area contributed by atoms with E-state index in [0.717, 1.165) is 36.6 Å². The summed E-state index contributed by atoms with van der Waals surface area (Å²) >= 11 is 0. The standard InChI is InChI=1S/C16H24N4/c1-6-13-9-14(7-2)20(19-13)16-15(10-17-5)11(3)8-12(4)18-16/h8-9,17H,6-7,10H2,1-5H3. The molecule has 2 rings (SSSR count). The van der Waals surface area contributed by atoms with E-state index >= 15 is 0 Å². The number of pyridine rings is 1. The number of aromatic nitrogens is 3. The minimum Gasteiger partial charge on any atom is -0.316 e. The molecule has 0 aliphatic rings. The summed E-state index contributed by atoms with van der Waals surface area (Å²) in [4.78, 5) is 4.74. The van der Waals surface area contributed by atoms with Crippen molar-refractivity contribution < 1.29 is 0 Å². The van der Waals surface area contributed by atoms with Crippen LogP contribution in [0, 0.1) is 13.8 Å². The van der Waals surface area contributed by atoms with Crippen LogP contribution < -0.4 is 5.32 Å². The zero-order valence-corrected chi connectivity index (χ0v) is 13.1. The van der Waals surface area contributed by atoms with Crippen LogP contribution in [0.25, 0.3) is 5.82 Å². The quantitative estimate of drug-likeness (QED) is 0.910. The van der Waals surface area contributed by atoms with Gasteiger partial charge in [0.1, 0.15) is 0 Å². The Bertz CT molecular complexity index is 599. The lowest BCUT2D eigenvalue weighted by molar-refractivity contribution is 0.730. The highest BCUT2D eigenvalue weighted by Gasteiger charge is 2.14. The lowest BCUT2D eigenvalue weighted by atomic mass is 10.1. The molecule has 1 N–H and O–H groups in total. The summed E-state index contributed by atoms with van der Waals surface area (Å²) in [5.74, 6) is 0.966. The van der Waals surface area contributed by atoms with E-state index in [1.807, 2.05) is 18.7 Å². The molecule has 2 heterocycles. The Balaban J connectivity index is 2.64. The fourth-order valence-electron chi connectivity index (χ4n) is 2.50. The summed E-state index contributed by atoms with van der Waals surface area (Å²) in [7, 11) is 1.96. The van der Waals surface area contributed by atoms with Gasteiger partial charge in [-0.15, -0.1) is 0 Å². The van der Waals surface area contributed by atoms with Crippen LogP contribution in [0.4, 0.5) is 0 Å². The Morgan fingerprint density at radius 1 is 1.15 bits per heavy atom. The van der Waals surface area contributed by atoms with E-state index in [9.17, 15) is 0 Å². The molecule has 0 saturated carbocycles. The normalized spacial score (nSPS) is 11.1. The van der Waals surface area contributed by atoms with E-state index in [1.54, 1.807) is 0 Å². The molecule has 0 fully saturated rings. The predicted octanol–water partition coefficient (Wildman–Crippen LogP) is 2.73. The molecule has 20 heavy (non-hydrogen) atoms. The summed E-state index contributed by atoms with van der Waals surface area (Å²) in [6.07, 6.45) is 1.91. The molecular weight excluding hydrogens is 248 g/mol. The van der Waals surface area contributed by atoms with E-state index in [2.05, 4.69) is 38.2 Å². The van der Waals surface area contributed by atoms with Gasteiger partial charge in [0.25, 0.3) is 0 Å². The Hall–Kier alpha value is -1.68. The topological polar surface area (TPSA) is 42.7 Å². The number of hydrogen-bond donors (Lipinski definition) is 1. The molecule has 0 aliphatic heterocycles. The van der Waals surface area contributed by atoms with E-state index < -0.39 is 0 Å². The Labute approximate surface area is 121 Å². The summed E-state index contributed by atoms with van der Waals surface area (Å²) in [5, 5.41) is 7.95. The molecule has 2 aromatic rings. The number of aryl methyl sites for hydroxylation is 4. The monoisotopic (exact) mass is 272 g/mol. The number of nitrogens with zero attached hydrogens (tertiary/aromatic N) is 3. The molecule has 0 aliphatic carbocycles. The molecular formula is C16H24N4. The molecule has 4 nitrogen and oxygen atoms in total. The minimum absolute atomic E-state index is 0.804. The van der Waals surface area contributed by atoms with Gasteiger partial charge in [-0.1, -0.05) is 13.8 Å². The molecule has 4 heteroatoms. The van der Waals surface area contributed by atoms with Gasteiger partial charge in [-0.25, -0.2) is 9.67 Å². The van der Waals surface area contributed by atoms with E-state index in [1.165, 1.54) is 16.8 Å². The average Bonchev–Trinajstić information content (AvgIpc) is 2.84. The smallest absolute Gasteiger partial charge is 0.158 e. The summed E-state index contributed by atoms with van der Waals surface area (Å²) in [6, 6.07) is 4.31. The van der Waals surface area contributed by atoms with Crippen LogP contribution in [0.15, 0.2) is 12.1 Å². The summed E-state index contributed by atoms with van der Waals surface area (Å²) < 4.78 is 2.02. The van der Waals surface area contributed by atoms with Gasteiger partial charge >= 0.3 is 0 Å². The summed E-state index contributed by atoms with van der Waals surface area (Å²) in [6.45, 7) is 9.28. The largest absolute Gasteiger partial charge is 0.316 e. The van der Waals surface area contributed by atoms with Crippen molar-refractivity contribution in [2.24, 2.45) is 0 Å². The van der Waals surface area contributed by atoms with Crippen LogP contribution in [0.1, 0.15) is 42.1 Å². The van der Waals surface area contributed by atoms with Crippen LogP contribution in [0.3, 0.4) is 0 Å². The van der Waals surface area contributed by atoms with Crippen molar-refractivity contribution in [3.63, 3.8) is 0 Å². The zero-order valence-electron chi connectivity index (χ0n) is 13.1. The fraction of sp³-hybridized carbons (Fsp3) is 0.500. The van der Waals surface area contributed by atoms with E-state index in [4.69, 9.17) is 10.1 Å². The third-order valence-corrected chi connectivity index (χ3v) is 3.57. The maximum absolute atomic E-state index is 4.74. The van der Waals surface area contributed by atoms with E-state index in [0.29, 0.717) is 0 Å². The van der Waals surface area contributed by atoms with Crippen molar-refractivity contribution in [3.8, 4) is 5.82 Å². The highest BCUT2D eigenvalue weighted by atomic mass is 15.3. The van der Waals surface area contributed by atoms with Gasteiger partial charge in [-0.2, -0.15) is 5.10 Å². The lowest BCUT2D eigenvalue weighted by Gasteiger charge is -2.14. The fourth-order valence-corrected chi connectivity index (χ4v) is 2.50. The van der Waals surface area contributed by atoms with Gasteiger partial charge in [0.2, 0.25) is 0 Å². The maximum Gasteiger partial charge on any atom is 0.158 e. The SMILES string of the molecule is CCc1cc(CC)n(-c2nc(C)cc(C)c2CNC)n1.